The summed E-state index contributed by atoms with van der Waals surface area (Å²) in [6.45, 7) is 2.00. The second-order valence-electron chi connectivity index (χ2n) is 8.99. The third kappa shape index (κ3) is 6.91. The molecule has 0 bridgehead atoms. The summed E-state index contributed by atoms with van der Waals surface area (Å²) >= 11 is 0. The Morgan fingerprint density at radius 2 is 1.92 bits per heavy atom. The Labute approximate surface area is 206 Å². The molecule has 3 atom stereocenters. The number of alkyl halides is 3. The van der Waals surface area contributed by atoms with Gasteiger partial charge in [0.25, 0.3) is 5.56 Å². The molecule has 1 aliphatic heterocycles. The zero-order valence-electron chi connectivity index (χ0n) is 20.2. The summed E-state index contributed by atoms with van der Waals surface area (Å²) in [6, 6.07) is 0.0778. The molecule has 1 saturated carbocycles. The second kappa shape index (κ2) is 12.5. The third-order valence-electron chi connectivity index (χ3n) is 6.61. The van der Waals surface area contributed by atoms with Crippen LogP contribution in [0.5, 0.6) is 0 Å². The standard InChI is InChI=1S/C24H32F3N3O6/c1-3-12-34-18-13-20(30-14-17(24(25,26)27)21(31)28-22(30)32)36-19(18)15-35-23(33)29(4-2)16-10-8-6-5-7-9-11-16/h1,14,16,18-20H,4-13,15H2,2H3,(H,28,31,32)/t18-,19+,20+/m0/s1. The Morgan fingerprint density at radius 1 is 1.25 bits per heavy atom. The molecule has 1 N–H and O–H groups in total. The Balaban J connectivity index is 1.72. The zero-order chi connectivity index (χ0) is 26.3. The minimum atomic E-state index is -4.96. The molecule has 200 valence electrons. The lowest BCUT2D eigenvalue weighted by atomic mass is 9.96. The van der Waals surface area contributed by atoms with E-state index in [0.29, 0.717) is 17.3 Å². The van der Waals surface area contributed by atoms with Crippen LogP contribution < -0.4 is 11.2 Å². The van der Waals surface area contributed by atoms with Crippen molar-refractivity contribution in [1.29, 1.82) is 0 Å². The lowest BCUT2D eigenvalue weighted by Crippen LogP contribution is -2.42. The van der Waals surface area contributed by atoms with Crippen molar-refractivity contribution in [3.8, 4) is 12.3 Å². The normalized spacial score (nSPS) is 23.5. The van der Waals surface area contributed by atoms with Gasteiger partial charge >= 0.3 is 18.0 Å². The highest BCUT2D eigenvalue weighted by Gasteiger charge is 2.41. The number of ether oxygens (including phenoxy) is 3. The molecule has 2 fully saturated rings. The fourth-order valence-corrected chi connectivity index (χ4v) is 4.77. The van der Waals surface area contributed by atoms with Crippen molar-refractivity contribution in [3.63, 3.8) is 0 Å². The van der Waals surface area contributed by atoms with Crippen molar-refractivity contribution in [2.24, 2.45) is 0 Å². The maximum Gasteiger partial charge on any atom is 0.423 e. The van der Waals surface area contributed by atoms with Gasteiger partial charge in [-0.2, -0.15) is 13.2 Å². The van der Waals surface area contributed by atoms with E-state index in [-0.39, 0.29) is 25.7 Å². The molecule has 3 rings (SSSR count). The van der Waals surface area contributed by atoms with Crippen LogP contribution in [-0.2, 0) is 20.4 Å². The topological polar surface area (TPSA) is 103 Å². The molecule has 1 amide bonds. The van der Waals surface area contributed by atoms with Gasteiger partial charge in [-0.1, -0.05) is 38.0 Å². The van der Waals surface area contributed by atoms with Gasteiger partial charge in [0.15, 0.2) is 0 Å². The molecule has 2 heterocycles. The predicted octanol–water partition coefficient (Wildman–Crippen LogP) is 3.43. The molecule has 0 aromatic carbocycles. The van der Waals surface area contributed by atoms with Crippen LogP contribution >= 0.6 is 0 Å². The van der Waals surface area contributed by atoms with Crippen LogP contribution in [-0.4, -0.2) is 58.6 Å². The van der Waals surface area contributed by atoms with Gasteiger partial charge in [-0.25, -0.2) is 9.59 Å². The van der Waals surface area contributed by atoms with Crippen molar-refractivity contribution in [3.05, 3.63) is 32.6 Å². The molecule has 0 radical (unpaired) electrons. The summed E-state index contributed by atoms with van der Waals surface area (Å²) in [6.07, 6.45) is 4.72. The summed E-state index contributed by atoms with van der Waals surface area (Å²) < 4.78 is 57.1. The number of amides is 1. The molecule has 36 heavy (non-hydrogen) atoms. The number of hydrogen-bond acceptors (Lipinski definition) is 6. The van der Waals surface area contributed by atoms with E-state index in [2.05, 4.69) is 5.92 Å². The van der Waals surface area contributed by atoms with Crippen molar-refractivity contribution in [1.82, 2.24) is 14.5 Å². The van der Waals surface area contributed by atoms with E-state index in [0.717, 1.165) is 38.5 Å². The number of terminal acetylenes is 1. The number of nitrogens with one attached hydrogen (secondary N) is 1. The fourth-order valence-electron chi connectivity index (χ4n) is 4.77. The average Bonchev–Trinajstić information content (AvgIpc) is 3.19. The highest BCUT2D eigenvalue weighted by Crippen LogP contribution is 2.32. The van der Waals surface area contributed by atoms with Crippen molar-refractivity contribution >= 4 is 6.09 Å². The van der Waals surface area contributed by atoms with E-state index in [1.54, 1.807) is 9.88 Å². The smallest absolute Gasteiger partial charge is 0.423 e. The number of rotatable bonds is 7. The molecule has 12 heteroatoms. The summed E-state index contributed by atoms with van der Waals surface area (Å²) in [7, 11) is 0. The molecule has 1 saturated heterocycles. The second-order valence-corrected chi connectivity index (χ2v) is 8.99. The van der Waals surface area contributed by atoms with Gasteiger partial charge in [0.1, 0.15) is 31.1 Å². The average molecular weight is 516 g/mol. The molecule has 0 spiro atoms. The van der Waals surface area contributed by atoms with E-state index in [1.807, 2.05) is 6.92 Å². The number of carbonyl (C=O) groups is 1. The number of carbonyl (C=O) groups excluding carboxylic acids is 1. The summed E-state index contributed by atoms with van der Waals surface area (Å²) in [4.78, 5) is 40.1. The van der Waals surface area contributed by atoms with E-state index >= 15 is 0 Å². The monoisotopic (exact) mass is 515 g/mol. The predicted molar refractivity (Wildman–Crippen MR) is 123 cm³/mol. The first kappa shape index (κ1) is 27.8. The van der Waals surface area contributed by atoms with Crippen LogP contribution in [0.25, 0.3) is 0 Å². The quantitative estimate of drug-likeness (QED) is 0.559. The summed E-state index contributed by atoms with van der Waals surface area (Å²) in [5, 5.41) is 0. The molecule has 2 aliphatic rings. The van der Waals surface area contributed by atoms with E-state index in [4.69, 9.17) is 20.6 Å². The lowest BCUT2D eigenvalue weighted by molar-refractivity contribution is -0.139. The van der Waals surface area contributed by atoms with E-state index in [1.165, 1.54) is 6.42 Å². The number of aromatic nitrogens is 2. The van der Waals surface area contributed by atoms with Crippen LogP contribution in [0.15, 0.2) is 15.8 Å². The first-order valence-electron chi connectivity index (χ1n) is 12.2. The molecular weight excluding hydrogens is 483 g/mol. The van der Waals surface area contributed by atoms with Gasteiger partial charge in [0.2, 0.25) is 0 Å². The van der Waals surface area contributed by atoms with Crippen LogP contribution in [0.2, 0.25) is 0 Å². The SMILES string of the molecule is C#CCO[C@H]1C[C@H](n2cc(C(F)(F)F)c(=O)[nH]c2=O)O[C@@H]1COC(=O)N(CC)C1CCCCCCC1. The molecule has 1 aromatic heterocycles. The summed E-state index contributed by atoms with van der Waals surface area (Å²) in [5.74, 6) is 2.31. The van der Waals surface area contributed by atoms with Gasteiger partial charge in [-0.15, -0.1) is 6.42 Å². The highest BCUT2D eigenvalue weighted by molar-refractivity contribution is 5.68. The summed E-state index contributed by atoms with van der Waals surface area (Å²) in [5.41, 5.74) is -4.13. The van der Waals surface area contributed by atoms with Crippen LogP contribution in [0.4, 0.5) is 18.0 Å². The van der Waals surface area contributed by atoms with Gasteiger partial charge in [-0.3, -0.25) is 14.3 Å². The molecule has 1 aliphatic carbocycles. The van der Waals surface area contributed by atoms with Gasteiger partial charge < -0.3 is 19.1 Å². The maximum atomic E-state index is 13.2. The number of hydrogen-bond donors (Lipinski definition) is 1. The van der Waals surface area contributed by atoms with Gasteiger partial charge in [-0.05, 0) is 19.8 Å². The maximum absolute atomic E-state index is 13.2. The van der Waals surface area contributed by atoms with Crippen molar-refractivity contribution in [2.75, 3.05) is 19.8 Å². The Bertz CT molecular complexity index is 1040. The van der Waals surface area contributed by atoms with E-state index < -0.39 is 47.5 Å². The van der Waals surface area contributed by atoms with Crippen LogP contribution in [0.3, 0.4) is 0 Å². The van der Waals surface area contributed by atoms with E-state index in [9.17, 15) is 27.6 Å². The first-order chi connectivity index (χ1) is 17.2. The number of aromatic amines is 1. The molecule has 1 aromatic rings. The first-order valence-corrected chi connectivity index (χ1v) is 12.2. The highest BCUT2D eigenvalue weighted by atomic mass is 19.4. The number of H-pyrrole nitrogens is 1. The molecule has 9 nitrogen and oxygen atoms in total. The molecular formula is C24H32F3N3O6. The van der Waals surface area contributed by atoms with Crippen molar-refractivity contribution < 1.29 is 32.2 Å². The van der Waals surface area contributed by atoms with Crippen molar-refractivity contribution in [2.45, 2.75) is 88.9 Å². The third-order valence-corrected chi connectivity index (χ3v) is 6.61. The zero-order valence-corrected chi connectivity index (χ0v) is 20.2. The van der Waals surface area contributed by atoms with Crippen LogP contribution in [0.1, 0.15) is 70.1 Å². The minimum Gasteiger partial charge on any atom is -0.447 e. The fraction of sp³-hybridized carbons (Fsp3) is 0.708. The van der Waals surface area contributed by atoms with Crippen LogP contribution in [0, 0.1) is 12.3 Å². The minimum absolute atomic E-state index is 0.0345. The van der Waals surface area contributed by atoms with Gasteiger partial charge in [0, 0.05) is 25.2 Å². The largest absolute Gasteiger partial charge is 0.447 e. The van der Waals surface area contributed by atoms with Gasteiger partial charge in [0.05, 0.1) is 6.10 Å². The Hall–Kier alpha value is -2.78. The number of halogens is 3. The lowest BCUT2D eigenvalue weighted by Gasteiger charge is -2.32. The molecule has 0 unspecified atom stereocenters. The Morgan fingerprint density at radius 3 is 2.53 bits per heavy atom. The Kier molecular flexibility index (Phi) is 9.62. The number of nitrogens with zero attached hydrogens (tertiary/aromatic N) is 2.